The van der Waals surface area contributed by atoms with Gasteiger partial charge in [-0.2, -0.15) is 0 Å². The van der Waals surface area contributed by atoms with Gasteiger partial charge < -0.3 is 15.6 Å². The summed E-state index contributed by atoms with van der Waals surface area (Å²) in [5.41, 5.74) is 4.73. The molecule has 1 aliphatic rings. The minimum Gasteiger partial charge on any atom is -0.388 e. The van der Waals surface area contributed by atoms with E-state index in [9.17, 15) is 5.11 Å². The van der Waals surface area contributed by atoms with Crippen LogP contribution >= 0.6 is 0 Å². The van der Waals surface area contributed by atoms with E-state index in [4.69, 9.17) is 10.5 Å². The van der Waals surface area contributed by atoms with Crippen molar-refractivity contribution < 1.29 is 9.84 Å². The quantitative estimate of drug-likeness (QED) is 0.600. The van der Waals surface area contributed by atoms with E-state index in [1.807, 2.05) is 0 Å². The maximum atomic E-state index is 9.86. The average Bonchev–Trinajstić information content (AvgIpc) is 2.95. The first-order valence-electron chi connectivity index (χ1n) is 5.24. The van der Waals surface area contributed by atoms with Crippen molar-refractivity contribution >= 4 is 0 Å². The third kappa shape index (κ3) is 3.92. The molecule has 1 fully saturated rings. The number of hydrogen-bond donors (Lipinski definition) is 2. The van der Waals surface area contributed by atoms with Gasteiger partial charge in [0.25, 0.3) is 0 Å². The van der Waals surface area contributed by atoms with Gasteiger partial charge in [0, 0.05) is 32.8 Å². The SMILES string of the molecule is COCCN(CC(C)(O)CN)C1CC1. The standard InChI is InChI=1S/C10H22N2O2/c1-10(13,7-11)8-12(5-6-14-2)9-3-4-9/h9,13H,3-8,11H2,1-2H3. The second kappa shape index (κ2) is 5.07. The van der Waals surface area contributed by atoms with Crippen LogP contribution in [-0.2, 0) is 4.74 Å². The molecule has 4 heteroatoms. The number of methoxy groups -OCH3 is 1. The summed E-state index contributed by atoms with van der Waals surface area (Å²) in [6.07, 6.45) is 2.48. The Kier molecular flexibility index (Phi) is 4.31. The van der Waals surface area contributed by atoms with Gasteiger partial charge in [0.2, 0.25) is 0 Å². The summed E-state index contributed by atoms with van der Waals surface area (Å²) in [6, 6.07) is 0.642. The molecule has 1 aliphatic carbocycles. The second-order valence-corrected chi connectivity index (χ2v) is 4.40. The Morgan fingerprint density at radius 2 is 2.21 bits per heavy atom. The maximum Gasteiger partial charge on any atom is 0.0867 e. The van der Waals surface area contributed by atoms with Crippen LogP contribution in [0.1, 0.15) is 19.8 Å². The lowest BCUT2D eigenvalue weighted by molar-refractivity contribution is 0.0168. The lowest BCUT2D eigenvalue weighted by atomic mass is 10.1. The smallest absolute Gasteiger partial charge is 0.0867 e. The zero-order valence-electron chi connectivity index (χ0n) is 9.20. The van der Waals surface area contributed by atoms with Crippen LogP contribution in [0, 0.1) is 0 Å². The number of hydrogen-bond acceptors (Lipinski definition) is 4. The molecular weight excluding hydrogens is 180 g/mol. The topological polar surface area (TPSA) is 58.7 Å². The van der Waals surface area contributed by atoms with Crippen molar-refractivity contribution in [2.24, 2.45) is 5.73 Å². The fourth-order valence-electron chi connectivity index (χ4n) is 1.54. The van der Waals surface area contributed by atoms with Gasteiger partial charge in [0.1, 0.15) is 0 Å². The van der Waals surface area contributed by atoms with E-state index in [0.29, 0.717) is 19.1 Å². The molecule has 0 saturated heterocycles. The third-order valence-electron chi connectivity index (χ3n) is 2.63. The van der Waals surface area contributed by atoms with E-state index in [0.717, 1.165) is 13.2 Å². The molecule has 4 nitrogen and oxygen atoms in total. The average molecular weight is 202 g/mol. The largest absolute Gasteiger partial charge is 0.388 e. The molecule has 1 saturated carbocycles. The van der Waals surface area contributed by atoms with Crippen LogP contribution in [0.3, 0.4) is 0 Å². The lowest BCUT2D eigenvalue weighted by Crippen LogP contribution is -2.47. The van der Waals surface area contributed by atoms with Crippen molar-refractivity contribution in [3.63, 3.8) is 0 Å². The predicted octanol–water partition coefficient (Wildman–Crippen LogP) is -0.193. The highest BCUT2D eigenvalue weighted by molar-refractivity contribution is 4.89. The molecule has 84 valence electrons. The highest BCUT2D eigenvalue weighted by Crippen LogP contribution is 2.27. The van der Waals surface area contributed by atoms with Crippen molar-refractivity contribution in [1.82, 2.24) is 4.90 Å². The Hall–Kier alpha value is -0.160. The number of aliphatic hydroxyl groups is 1. The fraction of sp³-hybridized carbons (Fsp3) is 1.00. The second-order valence-electron chi connectivity index (χ2n) is 4.40. The van der Waals surface area contributed by atoms with Crippen LogP contribution in [0.15, 0.2) is 0 Å². The van der Waals surface area contributed by atoms with Crippen LogP contribution in [0.25, 0.3) is 0 Å². The molecule has 1 unspecified atom stereocenters. The monoisotopic (exact) mass is 202 g/mol. The normalized spacial score (nSPS) is 21.2. The minimum atomic E-state index is -0.768. The summed E-state index contributed by atoms with van der Waals surface area (Å²) >= 11 is 0. The van der Waals surface area contributed by atoms with Gasteiger partial charge in [-0.25, -0.2) is 0 Å². The maximum absolute atomic E-state index is 9.86. The van der Waals surface area contributed by atoms with Crippen molar-refractivity contribution in [2.75, 3.05) is 33.4 Å². The first-order chi connectivity index (χ1) is 6.59. The molecule has 0 heterocycles. The molecule has 0 aliphatic heterocycles. The van der Waals surface area contributed by atoms with Gasteiger partial charge in [-0.15, -0.1) is 0 Å². The molecule has 14 heavy (non-hydrogen) atoms. The zero-order chi connectivity index (χ0) is 10.6. The van der Waals surface area contributed by atoms with E-state index in [1.165, 1.54) is 12.8 Å². The Bertz CT molecular complexity index is 170. The Balaban J connectivity index is 2.34. The summed E-state index contributed by atoms with van der Waals surface area (Å²) in [4.78, 5) is 2.27. The van der Waals surface area contributed by atoms with Crippen LogP contribution in [-0.4, -0.2) is 55.0 Å². The van der Waals surface area contributed by atoms with Crippen molar-refractivity contribution in [3.8, 4) is 0 Å². The molecule has 0 aromatic rings. The molecule has 0 amide bonds. The van der Waals surface area contributed by atoms with Gasteiger partial charge in [-0.3, -0.25) is 4.90 Å². The number of nitrogens with zero attached hydrogens (tertiary/aromatic N) is 1. The van der Waals surface area contributed by atoms with Crippen LogP contribution < -0.4 is 5.73 Å². The number of ether oxygens (including phenoxy) is 1. The van der Waals surface area contributed by atoms with Crippen molar-refractivity contribution in [3.05, 3.63) is 0 Å². The first kappa shape index (κ1) is 11.9. The molecule has 0 radical (unpaired) electrons. The zero-order valence-corrected chi connectivity index (χ0v) is 9.20. The van der Waals surface area contributed by atoms with E-state index in [2.05, 4.69) is 4.90 Å². The van der Waals surface area contributed by atoms with Gasteiger partial charge in [-0.1, -0.05) is 0 Å². The summed E-state index contributed by atoms with van der Waals surface area (Å²) in [5.74, 6) is 0. The fourth-order valence-corrected chi connectivity index (χ4v) is 1.54. The van der Waals surface area contributed by atoms with E-state index < -0.39 is 5.60 Å². The highest BCUT2D eigenvalue weighted by atomic mass is 16.5. The van der Waals surface area contributed by atoms with E-state index in [-0.39, 0.29) is 0 Å². The Labute approximate surface area is 86.0 Å². The predicted molar refractivity (Wildman–Crippen MR) is 56.1 cm³/mol. The molecule has 0 aromatic carbocycles. The van der Waals surface area contributed by atoms with E-state index >= 15 is 0 Å². The van der Waals surface area contributed by atoms with Crippen molar-refractivity contribution in [1.29, 1.82) is 0 Å². The number of nitrogens with two attached hydrogens (primary N) is 1. The Morgan fingerprint density at radius 3 is 2.64 bits per heavy atom. The summed E-state index contributed by atoms with van der Waals surface area (Å²) in [7, 11) is 1.70. The van der Waals surface area contributed by atoms with Crippen LogP contribution in [0.4, 0.5) is 0 Å². The van der Waals surface area contributed by atoms with Crippen molar-refractivity contribution in [2.45, 2.75) is 31.4 Å². The van der Waals surface area contributed by atoms with Crippen LogP contribution in [0.5, 0.6) is 0 Å². The van der Waals surface area contributed by atoms with Gasteiger partial charge in [0.05, 0.1) is 12.2 Å². The summed E-state index contributed by atoms with van der Waals surface area (Å²) in [6.45, 7) is 4.35. The van der Waals surface area contributed by atoms with Gasteiger partial charge >= 0.3 is 0 Å². The van der Waals surface area contributed by atoms with Crippen LogP contribution in [0.2, 0.25) is 0 Å². The van der Waals surface area contributed by atoms with Gasteiger partial charge in [-0.05, 0) is 19.8 Å². The summed E-state index contributed by atoms with van der Waals surface area (Å²) in [5, 5.41) is 9.86. The minimum absolute atomic E-state index is 0.309. The third-order valence-corrected chi connectivity index (χ3v) is 2.63. The molecule has 0 bridgehead atoms. The highest BCUT2D eigenvalue weighted by Gasteiger charge is 2.32. The first-order valence-corrected chi connectivity index (χ1v) is 5.24. The molecule has 0 aromatic heterocycles. The van der Waals surface area contributed by atoms with Gasteiger partial charge in [0.15, 0.2) is 0 Å². The van der Waals surface area contributed by atoms with E-state index in [1.54, 1.807) is 14.0 Å². The molecule has 3 N–H and O–H groups in total. The Morgan fingerprint density at radius 1 is 1.57 bits per heavy atom. The molecule has 0 spiro atoms. The number of rotatable bonds is 7. The molecule has 1 rings (SSSR count). The summed E-state index contributed by atoms with van der Waals surface area (Å²) < 4.78 is 5.04. The molecule has 1 atom stereocenters. The molecular formula is C10H22N2O2. The lowest BCUT2D eigenvalue weighted by Gasteiger charge is -2.30.